The van der Waals surface area contributed by atoms with Gasteiger partial charge in [-0.05, 0) is 47.0 Å². The van der Waals surface area contributed by atoms with Crippen molar-refractivity contribution in [1.29, 1.82) is 0 Å². The van der Waals surface area contributed by atoms with Gasteiger partial charge in [-0.2, -0.15) is 0 Å². The minimum absolute atomic E-state index is 0.335. The third-order valence-electron chi connectivity index (χ3n) is 3.41. The number of benzene rings is 2. The maximum Gasteiger partial charge on any atom is 0.139 e. The average Bonchev–Trinajstić information content (AvgIpc) is 2.42. The zero-order chi connectivity index (χ0) is 14.7. The van der Waals surface area contributed by atoms with Gasteiger partial charge in [0.2, 0.25) is 0 Å². The highest BCUT2D eigenvalue weighted by molar-refractivity contribution is 9.10. The Morgan fingerprint density at radius 1 is 1.25 bits per heavy atom. The minimum atomic E-state index is -0.335. The van der Waals surface area contributed by atoms with Crippen molar-refractivity contribution < 1.29 is 4.39 Å². The SMILES string of the molecule is CCN(Cc1ccccc1C)c1cc(Br)c(F)cc1N. The maximum absolute atomic E-state index is 13.5. The zero-order valence-electron chi connectivity index (χ0n) is 11.7. The van der Waals surface area contributed by atoms with Crippen LogP contribution < -0.4 is 10.6 Å². The van der Waals surface area contributed by atoms with Crippen LogP contribution >= 0.6 is 15.9 Å². The van der Waals surface area contributed by atoms with Gasteiger partial charge in [0, 0.05) is 19.2 Å². The summed E-state index contributed by atoms with van der Waals surface area (Å²) >= 11 is 3.22. The second kappa shape index (κ2) is 6.27. The van der Waals surface area contributed by atoms with E-state index in [2.05, 4.69) is 46.8 Å². The summed E-state index contributed by atoms with van der Waals surface area (Å²) in [6, 6.07) is 11.4. The highest BCUT2D eigenvalue weighted by Gasteiger charge is 2.13. The second-order valence-electron chi connectivity index (χ2n) is 4.77. The lowest BCUT2D eigenvalue weighted by Gasteiger charge is -2.26. The van der Waals surface area contributed by atoms with Crippen molar-refractivity contribution in [1.82, 2.24) is 0 Å². The van der Waals surface area contributed by atoms with E-state index in [1.54, 1.807) is 6.07 Å². The van der Waals surface area contributed by atoms with Crippen LogP contribution in [0.2, 0.25) is 0 Å². The van der Waals surface area contributed by atoms with E-state index in [0.717, 1.165) is 18.8 Å². The standard InChI is InChI=1S/C16H18BrFN2/c1-3-20(10-12-7-5-4-6-11(12)2)16-8-13(17)14(18)9-15(16)19/h4-9H,3,10,19H2,1-2H3. The summed E-state index contributed by atoms with van der Waals surface area (Å²) in [6.45, 7) is 5.71. The maximum atomic E-state index is 13.5. The van der Waals surface area contributed by atoms with E-state index < -0.39 is 0 Å². The first-order valence-corrected chi connectivity index (χ1v) is 7.36. The normalized spacial score (nSPS) is 10.6. The number of nitrogen functional groups attached to an aromatic ring is 1. The Bertz CT molecular complexity index is 613. The van der Waals surface area contributed by atoms with E-state index >= 15 is 0 Å². The highest BCUT2D eigenvalue weighted by Crippen LogP contribution is 2.30. The first-order chi connectivity index (χ1) is 9.52. The third-order valence-corrected chi connectivity index (χ3v) is 4.02. The summed E-state index contributed by atoms with van der Waals surface area (Å²) in [5.74, 6) is -0.335. The van der Waals surface area contributed by atoms with Crippen molar-refractivity contribution in [3.05, 3.63) is 57.8 Å². The number of aryl methyl sites for hydroxylation is 1. The van der Waals surface area contributed by atoms with Crippen LogP contribution in [0.4, 0.5) is 15.8 Å². The van der Waals surface area contributed by atoms with Crippen LogP contribution in [-0.2, 0) is 6.54 Å². The van der Waals surface area contributed by atoms with Crippen LogP contribution in [0.15, 0.2) is 40.9 Å². The molecule has 0 aliphatic carbocycles. The van der Waals surface area contributed by atoms with Crippen LogP contribution in [0.25, 0.3) is 0 Å². The summed E-state index contributed by atoms with van der Waals surface area (Å²) in [6.07, 6.45) is 0. The molecule has 106 valence electrons. The number of rotatable bonds is 4. The van der Waals surface area contributed by atoms with Gasteiger partial charge in [-0.3, -0.25) is 0 Å². The number of hydrogen-bond acceptors (Lipinski definition) is 2. The predicted molar refractivity (Wildman–Crippen MR) is 86.4 cm³/mol. The number of halogens is 2. The molecule has 0 aliphatic rings. The van der Waals surface area contributed by atoms with Crippen LogP contribution in [0, 0.1) is 12.7 Å². The molecular formula is C16H18BrFN2. The molecule has 20 heavy (non-hydrogen) atoms. The van der Waals surface area contributed by atoms with Gasteiger partial charge in [0.15, 0.2) is 0 Å². The van der Waals surface area contributed by atoms with E-state index in [0.29, 0.717) is 10.2 Å². The average molecular weight is 337 g/mol. The monoisotopic (exact) mass is 336 g/mol. The van der Waals surface area contributed by atoms with E-state index in [1.807, 2.05) is 12.1 Å². The van der Waals surface area contributed by atoms with Crippen LogP contribution in [0.5, 0.6) is 0 Å². The molecular weight excluding hydrogens is 319 g/mol. The quantitative estimate of drug-likeness (QED) is 0.832. The van der Waals surface area contributed by atoms with E-state index in [-0.39, 0.29) is 5.82 Å². The lowest BCUT2D eigenvalue weighted by atomic mass is 10.1. The molecule has 0 unspecified atom stereocenters. The Kier molecular flexibility index (Phi) is 4.65. The molecule has 2 aromatic rings. The van der Waals surface area contributed by atoms with Crippen molar-refractivity contribution in [3.8, 4) is 0 Å². The van der Waals surface area contributed by atoms with E-state index in [9.17, 15) is 4.39 Å². The molecule has 2 N–H and O–H groups in total. The van der Waals surface area contributed by atoms with Gasteiger partial charge < -0.3 is 10.6 Å². The Hall–Kier alpha value is -1.55. The predicted octanol–water partition coefficient (Wildman–Crippen LogP) is 4.51. The second-order valence-corrected chi connectivity index (χ2v) is 5.62. The topological polar surface area (TPSA) is 29.3 Å². The van der Waals surface area contributed by atoms with E-state index in [4.69, 9.17) is 5.73 Å². The lowest BCUT2D eigenvalue weighted by Crippen LogP contribution is -2.23. The molecule has 0 fully saturated rings. The molecule has 0 aliphatic heterocycles. The molecule has 0 saturated carbocycles. The third kappa shape index (κ3) is 3.12. The molecule has 0 saturated heterocycles. The molecule has 0 radical (unpaired) electrons. The fourth-order valence-corrected chi connectivity index (χ4v) is 2.52. The van der Waals surface area contributed by atoms with Crippen LogP contribution in [0.3, 0.4) is 0 Å². The largest absolute Gasteiger partial charge is 0.397 e. The summed E-state index contributed by atoms with van der Waals surface area (Å²) in [4.78, 5) is 2.14. The molecule has 0 amide bonds. The van der Waals surface area contributed by atoms with Gasteiger partial charge in [0.05, 0.1) is 15.8 Å². The van der Waals surface area contributed by atoms with Gasteiger partial charge in [0.1, 0.15) is 5.82 Å². The Morgan fingerprint density at radius 2 is 1.95 bits per heavy atom. The van der Waals surface area contributed by atoms with Crippen molar-refractivity contribution >= 4 is 27.3 Å². The Balaban J connectivity index is 2.34. The number of nitrogens with two attached hydrogens (primary N) is 1. The van der Waals surface area contributed by atoms with Crippen molar-refractivity contribution in [2.24, 2.45) is 0 Å². The molecule has 0 aromatic heterocycles. The molecule has 2 aromatic carbocycles. The van der Waals surface area contributed by atoms with Crippen LogP contribution in [0.1, 0.15) is 18.1 Å². The lowest BCUT2D eigenvalue weighted by molar-refractivity contribution is 0.621. The van der Waals surface area contributed by atoms with Gasteiger partial charge in [0.25, 0.3) is 0 Å². The smallest absolute Gasteiger partial charge is 0.139 e. The summed E-state index contributed by atoms with van der Waals surface area (Å²) in [7, 11) is 0. The van der Waals surface area contributed by atoms with Gasteiger partial charge in [-0.1, -0.05) is 24.3 Å². The molecule has 0 bridgehead atoms. The fraction of sp³-hybridized carbons (Fsp3) is 0.250. The van der Waals surface area contributed by atoms with Gasteiger partial charge >= 0.3 is 0 Å². The molecule has 2 nitrogen and oxygen atoms in total. The summed E-state index contributed by atoms with van der Waals surface area (Å²) in [5.41, 5.74) is 9.75. The molecule has 4 heteroatoms. The van der Waals surface area contributed by atoms with Crippen molar-refractivity contribution in [3.63, 3.8) is 0 Å². The Labute approximate surface area is 127 Å². The Morgan fingerprint density at radius 3 is 2.60 bits per heavy atom. The first kappa shape index (κ1) is 14.9. The van der Waals surface area contributed by atoms with Gasteiger partial charge in [-0.15, -0.1) is 0 Å². The number of hydrogen-bond donors (Lipinski definition) is 1. The summed E-state index contributed by atoms with van der Waals surface area (Å²) in [5, 5.41) is 0. The minimum Gasteiger partial charge on any atom is -0.397 e. The highest BCUT2D eigenvalue weighted by atomic mass is 79.9. The van der Waals surface area contributed by atoms with Gasteiger partial charge in [-0.25, -0.2) is 4.39 Å². The number of nitrogens with zero attached hydrogens (tertiary/aromatic N) is 1. The van der Waals surface area contributed by atoms with Crippen molar-refractivity contribution in [2.45, 2.75) is 20.4 Å². The summed E-state index contributed by atoms with van der Waals surface area (Å²) < 4.78 is 13.9. The van der Waals surface area contributed by atoms with E-state index in [1.165, 1.54) is 17.2 Å². The molecule has 0 heterocycles. The molecule has 0 atom stereocenters. The first-order valence-electron chi connectivity index (χ1n) is 6.57. The van der Waals surface area contributed by atoms with Crippen LogP contribution in [-0.4, -0.2) is 6.54 Å². The van der Waals surface area contributed by atoms with Crippen molar-refractivity contribution in [2.75, 3.05) is 17.2 Å². The molecule has 2 rings (SSSR count). The fourth-order valence-electron chi connectivity index (χ4n) is 2.19. The number of anilines is 2. The molecule has 0 spiro atoms. The zero-order valence-corrected chi connectivity index (χ0v) is 13.2.